The van der Waals surface area contributed by atoms with Gasteiger partial charge >= 0.3 is 0 Å². The van der Waals surface area contributed by atoms with Crippen molar-refractivity contribution < 1.29 is 12.8 Å². The summed E-state index contributed by atoms with van der Waals surface area (Å²) >= 11 is 0. The van der Waals surface area contributed by atoms with Gasteiger partial charge in [-0.3, -0.25) is 0 Å². The van der Waals surface area contributed by atoms with Crippen molar-refractivity contribution in [1.29, 1.82) is 0 Å². The maximum atomic E-state index is 13.6. The van der Waals surface area contributed by atoms with Gasteiger partial charge in [-0.1, -0.05) is 6.92 Å². The zero-order valence-electron chi connectivity index (χ0n) is 9.62. The first-order valence-corrected chi connectivity index (χ1v) is 6.86. The van der Waals surface area contributed by atoms with Crippen molar-refractivity contribution in [3.05, 3.63) is 29.1 Å². The standard InChI is InChI=1S/C11H16FNO2S/c1-7-4-10(12)9(8(2)6-13)5-11(7)16(3,14)15/h4-5,8H,6,13H2,1-3H3. The van der Waals surface area contributed by atoms with E-state index in [2.05, 4.69) is 0 Å². The van der Waals surface area contributed by atoms with E-state index in [9.17, 15) is 12.8 Å². The van der Waals surface area contributed by atoms with Gasteiger partial charge in [0.25, 0.3) is 0 Å². The number of halogens is 1. The molecule has 0 saturated carbocycles. The molecule has 0 amide bonds. The second-order valence-electron chi connectivity index (χ2n) is 4.05. The zero-order chi connectivity index (χ0) is 12.5. The van der Waals surface area contributed by atoms with Gasteiger partial charge in [-0.2, -0.15) is 0 Å². The normalized spacial score (nSPS) is 13.8. The minimum absolute atomic E-state index is 0.171. The summed E-state index contributed by atoms with van der Waals surface area (Å²) in [6.45, 7) is 3.62. The molecule has 1 aromatic carbocycles. The Labute approximate surface area is 95.4 Å². The summed E-state index contributed by atoms with van der Waals surface area (Å²) in [7, 11) is -3.32. The molecule has 5 heteroatoms. The average Bonchev–Trinajstić information content (AvgIpc) is 2.14. The van der Waals surface area contributed by atoms with Crippen LogP contribution in [0, 0.1) is 12.7 Å². The lowest BCUT2D eigenvalue weighted by Gasteiger charge is -2.13. The number of rotatable bonds is 3. The summed E-state index contributed by atoms with van der Waals surface area (Å²) in [4.78, 5) is 0.171. The first kappa shape index (κ1) is 13.1. The summed E-state index contributed by atoms with van der Waals surface area (Å²) in [6.07, 6.45) is 1.12. The highest BCUT2D eigenvalue weighted by Gasteiger charge is 2.17. The van der Waals surface area contributed by atoms with Crippen molar-refractivity contribution in [2.75, 3.05) is 12.8 Å². The highest BCUT2D eigenvalue weighted by molar-refractivity contribution is 7.90. The second-order valence-corrected chi connectivity index (χ2v) is 6.03. The van der Waals surface area contributed by atoms with Crippen molar-refractivity contribution in [2.24, 2.45) is 5.73 Å². The number of aryl methyl sites for hydroxylation is 1. The lowest BCUT2D eigenvalue weighted by Crippen LogP contribution is -2.12. The van der Waals surface area contributed by atoms with E-state index in [4.69, 9.17) is 5.73 Å². The van der Waals surface area contributed by atoms with Gasteiger partial charge in [0.2, 0.25) is 0 Å². The monoisotopic (exact) mass is 245 g/mol. The zero-order valence-corrected chi connectivity index (χ0v) is 10.4. The largest absolute Gasteiger partial charge is 0.330 e. The fraction of sp³-hybridized carbons (Fsp3) is 0.455. The van der Waals surface area contributed by atoms with Crippen LogP contribution in [0.4, 0.5) is 4.39 Å². The number of benzene rings is 1. The molecule has 0 aromatic heterocycles. The molecule has 0 heterocycles. The molecule has 1 unspecified atom stereocenters. The van der Waals surface area contributed by atoms with Gasteiger partial charge in [0.05, 0.1) is 4.90 Å². The first-order chi connectivity index (χ1) is 7.27. The maximum Gasteiger partial charge on any atom is 0.175 e. The van der Waals surface area contributed by atoms with E-state index >= 15 is 0 Å². The Morgan fingerprint density at radius 2 is 2.00 bits per heavy atom. The topological polar surface area (TPSA) is 60.2 Å². The molecule has 3 nitrogen and oxygen atoms in total. The third-order valence-corrected chi connectivity index (χ3v) is 3.82. The molecule has 0 aliphatic heterocycles. The minimum atomic E-state index is -3.32. The molecule has 0 fully saturated rings. The van der Waals surface area contributed by atoms with Crippen LogP contribution >= 0.6 is 0 Å². The number of sulfone groups is 1. The maximum absolute atomic E-state index is 13.6. The van der Waals surface area contributed by atoms with Crippen molar-refractivity contribution in [3.63, 3.8) is 0 Å². The van der Waals surface area contributed by atoms with Gasteiger partial charge in [-0.25, -0.2) is 12.8 Å². The summed E-state index contributed by atoms with van der Waals surface area (Å²) in [5.41, 5.74) is 6.23. The van der Waals surface area contributed by atoms with E-state index in [1.807, 2.05) is 0 Å². The van der Waals surface area contributed by atoms with Crippen LogP contribution in [-0.4, -0.2) is 21.2 Å². The van der Waals surface area contributed by atoms with Crippen molar-refractivity contribution in [1.82, 2.24) is 0 Å². The van der Waals surface area contributed by atoms with Crippen LogP contribution in [0.5, 0.6) is 0 Å². The van der Waals surface area contributed by atoms with Gasteiger partial charge in [0.1, 0.15) is 5.82 Å². The van der Waals surface area contributed by atoms with Crippen LogP contribution in [0.1, 0.15) is 24.0 Å². The van der Waals surface area contributed by atoms with E-state index in [-0.39, 0.29) is 17.4 Å². The molecule has 1 rings (SSSR count). The molecule has 2 N–H and O–H groups in total. The van der Waals surface area contributed by atoms with Crippen LogP contribution < -0.4 is 5.73 Å². The van der Waals surface area contributed by atoms with E-state index in [0.717, 1.165) is 6.26 Å². The van der Waals surface area contributed by atoms with Gasteiger partial charge in [0, 0.05) is 6.26 Å². The smallest absolute Gasteiger partial charge is 0.175 e. The molecule has 0 spiro atoms. The first-order valence-electron chi connectivity index (χ1n) is 4.97. The fourth-order valence-electron chi connectivity index (χ4n) is 1.57. The SMILES string of the molecule is Cc1cc(F)c(C(C)CN)cc1S(C)(=O)=O. The molecule has 0 bridgehead atoms. The molecule has 0 radical (unpaired) electrons. The van der Waals surface area contributed by atoms with E-state index < -0.39 is 15.7 Å². The average molecular weight is 245 g/mol. The predicted octanol–water partition coefficient (Wildman–Crippen LogP) is 1.60. The molecular formula is C11H16FNO2S. The summed E-state index contributed by atoms with van der Waals surface area (Å²) < 4.78 is 36.6. The Morgan fingerprint density at radius 3 is 2.44 bits per heavy atom. The number of hydrogen-bond donors (Lipinski definition) is 1. The van der Waals surface area contributed by atoms with Crippen molar-refractivity contribution in [2.45, 2.75) is 24.7 Å². The lowest BCUT2D eigenvalue weighted by atomic mass is 9.99. The Morgan fingerprint density at radius 1 is 1.44 bits per heavy atom. The van der Waals surface area contributed by atoms with Gasteiger partial charge in [-0.15, -0.1) is 0 Å². The van der Waals surface area contributed by atoms with Crippen LogP contribution in [0.25, 0.3) is 0 Å². The van der Waals surface area contributed by atoms with Crippen LogP contribution in [-0.2, 0) is 9.84 Å². The quantitative estimate of drug-likeness (QED) is 0.823. The van der Waals surface area contributed by atoms with E-state index in [0.29, 0.717) is 11.1 Å². The van der Waals surface area contributed by atoms with Gasteiger partial charge in [-0.05, 0) is 42.6 Å². The molecule has 1 atom stereocenters. The van der Waals surface area contributed by atoms with Gasteiger partial charge in [0.15, 0.2) is 9.84 Å². The number of hydrogen-bond acceptors (Lipinski definition) is 3. The van der Waals surface area contributed by atoms with Gasteiger partial charge < -0.3 is 5.73 Å². The fourth-order valence-corrected chi connectivity index (χ4v) is 2.56. The highest BCUT2D eigenvalue weighted by atomic mass is 32.2. The lowest BCUT2D eigenvalue weighted by molar-refractivity contribution is 0.582. The Balaban J connectivity index is 3.45. The summed E-state index contributed by atoms with van der Waals surface area (Å²) in [6, 6.07) is 2.63. The van der Waals surface area contributed by atoms with Crippen LogP contribution in [0.3, 0.4) is 0 Å². The molecule has 0 aliphatic rings. The van der Waals surface area contributed by atoms with Crippen molar-refractivity contribution in [3.8, 4) is 0 Å². The Kier molecular flexibility index (Phi) is 3.70. The minimum Gasteiger partial charge on any atom is -0.330 e. The van der Waals surface area contributed by atoms with Crippen LogP contribution in [0.15, 0.2) is 17.0 Å². The highest BCUT2D eigenvalue weighted by Crippen LogP contribution is 2.25. The Hall–Kier alpha value is -0.940. The molecule has 0 saturated heterocycles. The third kappa shape index (κ3) is 2.59. The molecule has 90 valence electrons. The van der Waals surface area contributed by atoms with E-state index in [1.165, 1.54) is 12.1 Å². The van der Waals surface area contributed by atoms with Crippen molar-refractivity contribution >= 4 is 9.84 Å². The van der Waals surface area contributed by atoms with Crippen LogP contribution in [0.2, 0.25) is 0 Å². The summed E-state index contributed by atoms with van der Waals surface area (Å²) in [5.74, 6) is -0.594. The summed E-state index contributed by atoms with van der Waals surface area (Å²) in [5, 5.41) is 0. The molecule has 1 aromatic rings. The molecule has 16 heavy (non-hydrogen) atoms. The third-order valence-electron chi connectivity index (χ3n) is 2.58. The number of nitrogens with two attached hydrogens (primary N) is 1. The van der Waals surface area contributed by atoms with E-state index in [1.54, 1.807) is 13.8 Å². The molecule has 0 aliphatic carbocycles. The Bertz CT molecular complexity index is 497. The molecular weight excluding hydrogens is 229 g/mol. The second kappa shape index (κ2) is 4.51. The predicted molar refractivity (Wildman–Crippen MR) is 61.7 cm³/mol.